The maximum atomic E-state index is 13.1. The molecule has 2 N–H and O–H groups in total. The number of pyridine rings is 1. The summed E-state index contributed by atoms with van der Waals surface area (Å²) in [5.74, 6) is 0.970. The third-order valence-electron chi connectivity index (χ3n) is 6.87. The molecule has 1 aliphatic heterocycles. The predicted molar refractivity (Wildman–Crippen MR) is 107 cm³/mol. The molecule has 5 atom stereocenters. The van der Waals surface area contributed by atoms with Gasteiger partial charge in [0.1, 0.15) is 5.75 Å². The van der Waals surface area contributed by atoms with Crippen LogP contribution in [-0.2, 0) is 4.79 Å². The van der Waals surface area contributed by atoms with Crippen molar-refractivity contribution in [2.24, 2.45) is 17.8 Å². The molecule has 3 saturated carbocycles. The van der Waals surface area contributed by atoms with Crippen LogP contribution in [0.4, 0.5) is 0 Å². The molecule has 0 saturated heterocycles. The van der Waals surface area contributed by atoms with Crippen LogP contribution in [0.15, 0.2) is 48.8 Å². The number of nitrogens with zero attached hydrogens (tertiary/aromatic N) is 1. The summed E-state index contributed by atoms with van der Waals surface area (Å²) in [5, 5.41) is 6.32. The van der Waals surface area contributed by atoms with Gasteiger partial charge in [0.25, 0.3) is 5.91 Å². The van der Waals surface area contributed by atoms with Gasteiger partial charge in [-0.25, -0.2) is 0 Å². The van der Waals surface area contributed by atoms with Gasteiger partial charge in [-0.05, 0) is 61.9 Å². The van der Waals surface area contributed by atoms with E-state index < -0.39 is 5.72 Å². The van der Waals surface area contributed by atoms with Gasteiger partial charge in [-0.2, -0.15) is 0 Å². The summed E-state index contributed by atoms with van der Waals surface area (Å²) < 4.78 is 6.37. The number of nitrogens with one attached hydrogen (secondary N) is 2. The van der Waals surface area contributed by atoms with Crippen molar-refractivity contribution in [3.63, 3.8) is 0 Å². The van der Waals surface area contributed by atoms with Crippen molar-refractivity contribution >= 4 is 11.8 Å². The van der Waals surface area contributed by atoms with Crippen LogP contribution >= 0.6 is 0 Å². The van der Waals surface area contributed by atoms with Crippen molar-refractivity contribution < 1.29 is 14.3 Å². The molecule has 1 aromatic heterocycles. The fourth-order valence-electron chi connectivity index (χ4n) is 5.34. The van der Waals surface area contributed by atoms with E-state index in [1.165, 1.54) is 0 Å². The molecule has 6 heteroatoms. The maximum absolute atomic E-state index is 13.1. The van der Waals surface area contributed by atoms with E-state index >= 15 is 0 Å². The Kier molecular flexibility index (Phi) is 4.30. The summed E-state index contributed by atoms with van der Waals surface area (Å²) >= 11 is 0. The Labute approximate surface area is 170 Å². The van der Waals surface area contributed by atoms with Crippen molar-refractivity contribution in [2.75, 3.05) is 0 Å². The summed E-state index contributed by atoms with van der Waals surface area (Å²) in [7, 11) is 0. The van der Waals surface area contributed by atoms with Gasteiger partial charge >= 0.3 is 0 Å². The van der Waals surface area contributed by atoms with E-state index in [9.17, 15) is 9.59 Å². The molecule has 2 amide bonds. The van der Waals surface area contributed by atoms with E-state index in [0.717, 1.165) is 24.8 Å². The quantitative estimate of drug-likeness (QED) is 0.842. The van der Waals surface area contributed by atoms with Crippen LogP contribution in [0.3, 0.4) is 0 Å². The minimum atomic E-state index is -0.679. The maximum Gasteiger partial charge on any atom is 0.258 e. The molecule has 0 radical (unpaired) electrons. The largest absolute Gasteiger partial charge is 0.467 e. The standard InChI is InChI=1S/C23H25N3O3/c1-14(15-8-10-24-11-9-15)25-21(27)19-12-17-7-6-16(19)13-23(17)26-22(28)18-4-2-3-5-20(18)29-23/h2-5,8-11,14,16-17,19H,6-7,12-13H2,1H3,(H,25,27)(H,26,28)/t14-,16-,17+,19+,23-/m0/s1. The minimum Gasteiger partial charge on any atom is -0.467 e. The Morgan fingerprint density at radius 3 is 2.79 bits per heavy atom. The van der Waals surface area contributed by atoms with Crippen molar-refractivity contribution in [1.82, 2.24) is 15.6 Å². The van der Waals surface area contributed by atoms with Crippen LogP contribution in [0.2, 0.25) is 0 Å². The zero-order chi connectivity index (χ0) is 20.0. The molecule has 2 aromatic rings. The highest BCUT2D eigenvalue weighted by atomic mass is 16.5. The zero-order valence-electron chi connectivity index (χ0n) is 16.4. The molecule has 3 aliphatic carbocycles. The predicted octanol–water partition coefficient (Wildman–Crippen LogP) is 3.21. The van der Waals surface area contributed by atoms with E-state index in [2.05, 4.69) is 15.6 Å². The number of ether oxygens (including phenoxy) is 1. The molecule has 6 rings (SSSR count). The number of benzene rings is 1. The first-order chi connectivity index (χ1) is 14.1. The molecule has 6 nitrogen and oxygen atoms in total. The molecule has 3 fully saturated rings. The van der Waals surface area contributed by atoms with E-state index in [1.54, 1.807) is 18.5 Å². The zero-order valence-corrected chi connectivity index (χ0v) is 16.4. The molecule has 4 aliphatic rings. The Bertz CT molecular complexity index is 947. The summed E-state index contributed by atoms with van der Waals surface area (Å²) in [4.78, 5) is 29.8. The van der Waals surface area contributed by atoms with Crippen molar-refractivity contribution in [3.05, 3.63) is 59.9 Å². The van der Waals surface area contributed by atoms with Crippen LogP contribution in [0.5, 0.6) is 5.75 Å². The number of fused-ring (bicyclic) bond motifs is 3. The van der Waals surface area contributed by atoms with Crippen molar-refractivity contribution in [3.8, 4) is 5.75 Å². The van der Waals surface area contributed by atoms with E-state index in [4.69, 9.17) is 4.74 Å². The fraction of sp³-hybridized carbons (Fsp3) is 0.435. The minimum absolute atomic E-state index is 0.0404. The van der Waals surface area contributed by atoms with Crippen LogP contribution in [0.1, 0.15) is 54.6 Å². The van der Waals surface area contributed by atoms with E-state index in [-0.39, 0.29) is 35.6 Å². The second kappa shape index (κ2) is 6.87. The Morgan fingerprint density at radius 1 is 1.24 bits per heavy atom. The van der Waals surface area contributed by atoms with Gasteiger partial charge in [0.05, 0.1) is 11.6 Å². The lowest BCUT2D eigenvalue weighted by Gasteiger charge is -2.55. The molecular weight excluding hydrogens is 366 g/mol. The van der Waals surface area contributed by atoms with Crippen molar-refractivity contribution in [1.29, 1.82) is 0 Å². The van der Waals surface area contributed by atoms with Gasteiger partial charge in [-0.3, -0.25) is 14.6 Å². The second-order valence-electron chi connectivity index (χ2n) is 8.53. The van der Waals surface area contributed by atoms with E-state index in [1.807, 2.05) is 37.3 Å². The van der Waals surface area contributed by atoms with Crippen LogP contribution < -0.4 is 15.4 Å². The number of para-hydroxylation sites is 1. The van der Waals surface area contributed by atoms with Crippen LogP contribution in [0.25, 0.3) is 0 Å². The fourth-order valence-corrected chi connectivity index (χ4v) is 5.34. The lowest BCUT2D eigenvalue weighted by Crippen LogP contribution is -2.66. The Balaban J connectivity index is 1.32. The molecule has 29 heavy (non-hydrogen) atoms. The van der Waals surface area contributed by atoms with Crippen molar-refractivity contribution in [2.45, 2.75) is 44.4 Å². The van der Waals surface area contributed by atoms with Gasteiger partial charge < -0.3 is 15.4 Å². The molecule has 1 spiro atoms. The highest BCUT2D eigenvalue weighted by molar-refractivity contribution is 5.98. The number of carbonyl (C=O) groups excluding carboxylic acids is 2. The summed E-state index contributed by atoms with van der Waals surface area (Å²) in [6.45, 7) is 2.00. The topological polar surface area (TPSA) is 80.3 Å². The Morgan fingerprint density at radius 2 is 2.03 bits per heavy atom. The lowest BCUT2D eigenvalue weighted by atomic mass is 9.60. The van der Waals surface area contributed by atoms with E-state index in [0.29, 0.717) is 17.7 Å². The molecule has 2 heterocycles. The number of aromatic nitrogens is 1. The molecule has 2 bridgehead atoms. The first-order valence-corrected chi connectivity index (χ1v) is 10.4. The van der Waals surface area contributed by atoms with Crippen LogP contribution in [-0.4, -0.2) is 22.5 Å². The highest BCUT2D eigenvalue weighted by Crippen LogP contribution is 2.52. The second-order valence-corrected chi connectivity index (χ2v) is 8.53. The van der Waals surface area contributed by atoms with Gasteiger partial charge in [0, 0.05) is 30.7 Å². The number of hydrogen-bond acceptors (Lipinski definition) is 4. The number of hydrogen-bond donors (Lipinski definition) is 2. The lowest BCUT2D eigenvalue weighted by molar-refractivity contribution is -0.147. The number of rotatable bonds is 3. The van der Waals surface area contributed by atoms with Gasteiger partial charge in [0.2, 0.25) is 5.91 Å². The smallest absolute Gasteiger partial charge is 0.258 e. The van der Waals surface area contributed by atoms with Gasteiger partial charge in [-0.15, -0.1) is 0 Å². The summed E-state index contributed by atoms with van der Waals surface area (Å²) in [6, 6.07) is 11.2. The summed E-state index contributed by atoms with van der Waals surface area (Å²) in [6.07, 6.45) is 6.86. The third kappa shape index (κ3) is 3.07. The highest BCUT2D eigenvalue weighted by Gasteiger charge is 2.57. The monoisotopic (exact) mass is 391 g/mol. The normalized spacial score (nSPS) is 30.8. The SMILES string of the molecule is C[C@H](NC(=O)[C@@H]1C[C@H]2CC[C@H]1C[C@@]21NC(=O)c2ccccc2O1)c1ccncc1. The summed E-state index contributed by atoms with van der Waals surface area (Å²) in [5.41, 5.74) is 0.951. The van der Waals surface area contributed by atoms with Crippen LogP contribution in [0, 0.1) is 17.8 Å². The number of carbonyl (C=O) groups is 2. The molecular formula is C23H25N3O3. The first kappa shape index (κ1) is 18.2. The first-order valence-electron chi connectivity index (χ1n) is 10.4. The molecule has 1 aromatic carbocycles. The third-order valence-corrected chi connectivity index (χ3v) is 6.87. The molecule has 150 valence electrons. The van der Waals surface area contributed by atoms with Gasteiger partial charge in [-0.1, -0.05) is 12.1 Å². The number of amides is 2. The average molecular weight is 391 g/mol. The average Bonchev–Trinajstić information content (AvgIpc) is 2.74. The Hall–Kier alpha value is -2.89. The molecule has 0 unspecified atom stereocenters. The van der Waals surface area contributed by atoms with Gasteiger partial charge in [0.15, 0.2) is 5.72 Å².